The van der Waals surface area contributed by atoms with Crippen LogP contribution in [0.15, 0.2) is 113 Å². The van der Waals surface area contributed by atoms with Crippen LogP contribution in [0.5, 0.6) is 34.5 Å². The number of furan rings is 4. The second kappa shape index (κ2) is 17.5. The number of carbonyl (C=O) groups excluding carboxylic acids is 1. The quantitative estimate of drug-likeness (QED) is 0.0948. The second-order valence-corrected chi connectivity index (χ2v) is 15.7. The third-order valence-corrected chi connectivity index (χ3v) is 11.3. The summed E-state index contributed by atoms with van der Waals surface area (Å²) in [7, 11) is 3.00. The van der Waals surface area contributed by atoms with Gasteiger partial charge in [0.2, 0.25) is 5.75 Å². The van der Waals surface area contributed by atoms with E-state index in [1.165, 1.54) is 64.2 Å². The van der Waals surface area contributed by atoms with Gasteiger partial charge in [-0.05, 0) is 72.7 Å². The maximum atomic E-state index is 12.1. The molecule has 17 heteroatoms. The maximum Gasteiger partial charge on any atom is 0.203 e. The first-order valence-electron chi connectivity index (χ1n) is 20.6. The van der Waals surface area contributed by atoms with Crippen molar-refractivity contribution in [2.45, 2.75) is 48.5 Å². The molecule has 0 aliphatic heterocycles. The summed E-state index contributed by atoms with van der Waals surface area (Å²) in [5, 5.41) is 42.9. The Morgan fingerprint density at radius 1 is 0.441 bits per heavy atom. The predicted molar refractivity (Wildman–Crippen MR) is 251 cm³/mol. The molecule has 0 atom stereocenters. The van der Waals surface area contributed by atoms with Crippen LogP contribution in [-0.4, -0.2) is 40.4 Å². The monoisotopic (exact) mass is 926 g/mol. The highest BCUT2D eigenvalue weighted by Crippen LogP contribution is 2.43. The molecule has 11 rings (SSSR count). The lowest BCUT2D eigenvalue weighted by Gasteiger charge is -2.11. The van der Waals surface area contributed by atoms with Gasteiger partial charge in [0.25, 0.3) is 0 Å². The van der Waals surface area contributed by atoms with Gasteiger partial charge in [0, 0.05) is 34.9 Å². The molecule has 0 unspecified atom stereocenters. The van der Waals surface area contributed by atoms with E-state index in [2.05, 4.69) is 0 Å². The number of fused-ring (bicyclic) bond motifs is 7. The first-order chi connectivity index (χ1) is 32.4. The Labute approximate surface area is 382 Å². The van der Waals surface area contributed by atoms with Gasteiger partial charge in [-0.3, -0.25) is 19.2 Å². The molecule has 348 valence electrons. The molecule has 0 aliphatic carbocycles. The summed E-state index contributed by atoms with van der Waals surface area (Å²) < 4.78 is 48.0. The predicted octanol–water partition coefficient (Wildman–Crippen LogP) is 10.9. The molecule has 0 bridgehead atoms. The van der Waals surface area contributed by atoms with Crippen molar-refractivity contribution in [3.63, 3.8) is 0 Å². The van der Waals surface area contributed by atoms with Crippen LogP contribution in [0.3, 0.4) is 0 Å². The largest absolute Gasteiger partial charge is 0.507 e. The average molecular weight is 927 g/mol. The zero-order valence-electron chi connectivity index (χ0n) is 37.9. The van der Waals surface area contributed by atoms with E-state index in [-0.39, 0.29) is 72.5 Å². The van der Waals surface area contributed by atoms with Gasteiger partial charge in [0.15, 0.2) is 33.2 Å². The number of phenolic OH excluding ortho intramolecular Hbond substituents is 4. The number of carbonyl (C=O) groups is 1. The summed E-state index contributed by atoms with van der Waals surface area (Å²) in [4.78, 5) is 47.3. The SMILES string of the molecule is COc1c(C(C)=O)c(O)c(C)c2occc12.COc1c2ccoc2c(C)c2oc(C)cc(=O)c12.Cc1cc(=O)c2c(O)c3ccoc3c(C)c2o1.Cc1cc(=O)c2c(O)c3ccoc3c(O)c2o1. The molecule has 0 saturated carbocycles. The third kappa shape index (κ3) is 7.48. The molecular formula is C51H42O17. The van der Waals surface area contributed by atoms with Gasteiger partial charge in [0.05, 0.1) is 60.8 Å². The Balaban J connectivity index is 0.000000123. The first kappa shape index (κ1) is 45.7. The fourth-order valence-corrected chi connectivity index (χ4v) is 8.21. The molecular weight excluding hydrogens is 885 g/mol. The Morgan fingerprint density at radius 2 is 0.809 bits per heavy atom. The van der Waals surface area contributed by atoms with Crippen LogP contribution in [0.4, 0.5) is 0 Å². The lowest BCUT2D eigenvalue weighted by Crippen LogP contribution is -2.04. The molecule has 17 nitrogen and oxygen atoms in total. The summed E-state index contributed by atoms with van der Waals surface area (Å²) in [6.45, 7) is 11.8. The highest BCUT2D eigenvalue weighted by Gasteiger charge is 2.24. The van der Waals surface area contributed by atoms with Gasteiger partial charge in [0.1, 0.15) is 95.7 Å². The number of hydrogen-bond donors (Lipinski definition) is 4. The molecule has 0 saturated heterocycles. The van der Waals surface area contributed by atoms with Crippen molar-refractivity contribution in [1.29, 1.82) is 0 Å². The van der Waals surface area contributed by atoms with Crippen LogP contribution in [0, 0.1) is 41.5 Å². The van der Waals surface area contributed by atoms with Crippen LogP contribution in [0.2, 0.25) is 0 Å². The molecule has 7 aromatic heterocycles. The molecule has 11 aromatic rings. The average Bonchev–Trinajstić information content (AvgIpc) is 4.14. The van der Waals surface area contributed by atoms with E-state index in [4.69, 9.17) is 40.4 Å². The molecule has 0 amide bonds. The molecule has 0 spiro atoms. The fraction of sp³-hybridized carbons (Fsp3) is 0.176. The van der Waals surface area contributed by atoms with Gasteiger partial charge < -0.3 is 60.8 Å². The van der Waals surface area contributed by atoms with Gasteiger partial charge in [-0.25, -0.2) is 0 Å². The normalized spacial score (nSPS) is 11.2. The fourth-order valence-electron chi connectivity index (χ4n) is 8.21. The van der Waals surface area contributed by atoms with E-state index in [0.29, 0.717) is 78.4 Å². The number of benzene rings is 4. The number of methoxy groups -OCH3 is 2. The van der Waals surface area contributed by atoms with Crippen LogP contribution >= 0.6 is 0 Å². The van der Waals surface area contributed by atoms with Gasteiger partial charge >= 0.3 is 0 Å². The Morgan fingerprint density at radius 3 is 1.29 bits per heavy atom. The van der Waals surface area contributed by atoms with E-state index < -0.39 is 5.43 Å². The number of phenols is 4. The Bertz CT molecular complexity index is 3860. The van der Waals surface area contributed by atoms with Crippen molar-refractivity contribution in [3.05, 3.63) is 138 Å². The molecule has 0 fully saturated rings. The van der Waals surface area contributed by atoms with E-state index in [1.54, 1.807) is 59.1 Å². The van der Waals surface area contributed by atoms with Crippen molar-refractivity contribution in [2.24, 2.45) is 0 Å². The van der Waals surface area contributed by atoms with Crippen molar-refractivity contribution < 1.29 is 65.6 Å². The van der Waals surface area contributed by atoms with E-state index in [1.807, 2.05) is 6.92 Å². The highest BCUT2D eigenvalue weighted by molar-refractivity contribution is 6.08. The molecule has 0 radical (unpaired) electrons. The van der Waals surface area contributed by atoms with Gasteiger partial charge in [-0.2, -0.15) is 0 Å². The lowest BCUT2D eigenvalue weighted by molar-refractivity contribution is 0.101. The van der Waals surface area contributed by atoms with Gasteiger partial charge in [-0.1, -0.05) is 0 Å². The van der Waals surface area contributed by atoms with Crippen molar-refractivity contribution in [1.82, 2.24) is 0 Å². The molecule has 4 N–H and O–H groups in total. The number of rotatable bonds is 3. The van der Waals surface area contributed by atoms with Crippen LogP contribution in [0.1, 0.15) is 51.3 Å². The minimum absolute atomic E-state index is 0.0398. The minimum Gasteiger partial charge on any atom is -0.507 e. The number of aromatic hydroxyl groups is 4. The van der Waals surface area contributed by atoms with Crippen molar-refractivity contribution in [2.75, 3.05) is 14.2 Å². The summed E-state index contributed by atoms with van der Waals surface area (Å²) in [5.74, 6) is 1.39. The molecule has 7 heterocycles. The second-order valence-electron chi connectivity index (χ2n) is 15.7. The number of hydrogen-bond acceptors (Lipinski definition) is 17. The molecule has 4 aromatic carbocycles. The van der Waals surface area contributed by atoms with Crippen LogP contribution in [0.25, 0.3) is 76.8 Å². The maximum absolute atomic E-state index is 12.1. The zero-order chi connectivity index (χ0) is 49.0. The third-order valence-electron chi connectivity index (χ3n) is 11.3. The van der Waals surface area contributed by atoms with E-state index in [9.17, 15) is 39.6 Å². The minimum atomic E-state index is -0.403. The lowest BCUT2D eigenvalue weighted by atomic mass is 10.0. The molecule has 68 heavy (non-hydrogen) atoms. The van der Waals surface area contributed by atoms with Crippen LogP contribution in [-0.2, 0) is 0 Å². The summed E-state index contributed by atoms with van der Waals surface area (Å²) in [6.07, 6.45) is 5.88. The van der Waals surface area contributed by atoms with E-state index in [0.717, 1.165) is 16.5 Å². The number of ketones is 1. The van der Waals surface area contributed by atoms with Crippen LogP contribution < -0.4 is 25.8 Å². The summed E-state index contributed by atoms with van der Waals surface area (Å²) >= 11 is 0. The number of aryl methyl sites for hydroxylation is 6. The molecule has 0 aliphatic rings. The summed E-state index contributed by atoms with van der Waals surface area (Å²) in [6, 6.07) is 10.7. The Hall–Kier alpha value is -8.86. The number of Topliss-reactive ketones (excluding diaryl/α,β-unsaturated/α-hetero) is 1. The smallest absolute Gasteiger partial charge is 0.203 e. The highest BCUT2D eigenvalue weighted by atomic mass is 16.5. The standard InChI is InChI=1S/C14H12O4.C13H10O4.C12H8O5.C12H12O4/c1-7-6-10(15)11-13(18-7)8(2)12-9(4-5-17-12)14(11)16-3;1-6-5-9(14)10-11(15)8-3-4-16-12(8)7(2)13(10)17-6;1-5-4-7(13)8-9(14)6-2-3-16-11(6)10(15)12(8)17-5;1-6-10(14)9(7(2)13)12(15-3)8-4-5-16-11(6)8/h4-6H,1-3H3;3-5,15H,1-2H3;2-4,14-15H,1H3;4-5,14H,1-3H3. The first-order valence-corrected chi connectivity index (χ1v) is 20.6. The Kier molecular flexibility index (Phi) is 11.8. The zero-order valence-corrected chi connectivity index (χ0v) is 37.9. The van der Waals surface area contributed by atoms with Crippen molar-refractivity contribution in [3.8, 4) is 34.5 Å². The van der Waals surface area contributed by atoms with Crippen molar-refractivity contribution >= 4 is 82.6 Å². The summed E-state index contributed by atoms with van der Waals surface area (Å²) in [5.41, 5.74) is 4.26. The van der Waals surface area contributed by atoms with Gasteiger partial charge in [-0.15, -0.1) is 0 Å². The number of ether oxygens (including phenoxy) is 2. The topological polar surface area (TPSA) is 260 Å². The van der Waals surface area contributed by atoms with E-state index >= 15 is 0 Å².